The molecule has 2 unspecified atom stereocenters. The number of hydrogen-bond donors (Lipinski definition) is 2. The molecule has 8 nitrogen and oxygen atoms in total. The predicted octanol–water partition coefficient (Wildman–Crippen LogP) is 2.00. The van der Waals surface area contributed by atoms with Crippen LogP contribution < -0.4 is 5.32 Å². The van der Waals surface area contributed by atoms with E-state index in [1.54, 1.807) is 18.5 Å². The highest BCUT2D eigenvalue weighted by molar-refractivity contribution is 5.93. The van der Waals surface area contributed by atoms with Gasteiger partial charge in [0.05, 0.1) is 12.2 Å². The summed E-state index contributed by atoms with van der Waals surface area (Å²) in [6.07, 6.45) is 10.0. The molecule has 0 spiro atoms. The van der Waals surface area contributed by atoms with Crippen LogP contribution in [0.4, 0.5) is 5.95 Å². The Labute approximate surface area is 165 Å². The van der Waals surface area contributed by atoms with Crippen LogP contribution in [0.25, 0.3) is 0 Å². The Bertz CT molecular complexity index is 772. The van der Waals surface area contributed by atoms with E-state index in [1.807, 2.05) is 13.1 Å². The number of carbonyl (C=O) groups is 1. The number of aromatic amines is 1. The lowest BCUT2D eigenvalue weighted by molar-refractivity contribution is -0.121. The number of carbonyl (C=O) groups excluding carboxylic acids is 1. The maximum Gasteiger partial charge on any atom is 0.243 e. The summed E-state index contributed by atoms with van der Waals surface area (Å²) in [6.45, 7) is 7.08. The minimum atomic E-state index is -0.225. The first-order chi connectivity index (χ1) is 13.7. The van der Waals surface area contributed by atoms with Gasteiger partial charge in [-0.05, 0) is 58.3 Å². The minimum absolute atomic E-state index is 0.0613. The van der Waals surface area contributed by atoms with Gasteiger partial charge in [0.25, 0.3) is 0 Å². The van der Waals surface area contributed by atoms with Crippen LogP contribution in [0.3, 0.4) is 0 Å². The van der Waals surface area contributed by atoms with Crippen LogP contribution in [0.1, 0.15) is 49.8 Å². The molecule has 4 rings (SSSR count). The van der Waals surface area contributed by atoms with Gasteiger partial charge < -0.3 is 0 Å². The highest BCUT2D eigenvalue weighted by Gasteiger charge is 2.30. The molecule has 150 valence electrons. The first-order valence-electron chi connectivity index (χ1n) is 10.3. The fourth-order valence-corrected chi connectivity index (χ4v) is 4.32. The molecule has 2 atom stereocenters. The van der Waals surface area contributed by atoms with Crippen molar-refractivity contribution in [1.82, 2.24) is 30.0 Å². The molecule has 28 heavy (non-hydrogen) atoms. The molecule has 0 aliphatic carbocycles. The zero-order valence-electron chi connectivity index (χ0n) is 16.5. The van der Waals surface area contributed by atoms with Crippen LogP contribution in [0.5, 0.6) is 0 Å². The first-order valence-corrected chi connectivity index (χ1v) is 10.3. The van der Waals surface area contributed by atoms with Crippen molar-refractivity contribution in [2.24, 2.45) is 0 Å². The number of anilines is 1. The molecule has 2 N–H and O–H groups in total. The second kappa shape index (κ2) is 8.79. The van der Waals surface area contributed by atoms with Gasteiger partial charge in [-0.25, -0.2) is 9.97 Å². The summed E-state index contributed by atoms with van der Waals surface area (Å²) >= 11 is 0. The number of nitrogens with one attached hydrogen (secondary N) is 2. The van der Waals surface area contributed by atoms with Crippen LogP contribution in [0.15, 0.2) is 24.7 Å². The van der Waals surface area contributed by atoms with E-state index in [4.69, 9.17) is 0 Å². The molecule has 2 aromatic rings. The molecule has 4 heterocycles. The largest absolute Gasteiger partial charge is 0.299 e. The fraction of sp³-hybridized carbons (Fsp3) is 0.600. The fourth-order valence-electron chi connectivity index (χ4n) is 4.32. The third kappa shape index (κ3) is 4.39. The van der Waals surface area contributed by atoms with Gasteiger partial charge in [-0.15, -0.1) is 0 Å². The molecular formula is C20H29N7O. The van der Waals surface area contributed by atoms with E-state index in [1.165, 1.54) is 37.2 Å². The number of piperidine rings is 1. The van der Waals surface area contributed by atoms with Crippen LogP contribution >= 0.6 is 0 Å². The van der Waals surface area contributed by atoms with Gasteiger partial charge in [0.1, 0.15) is 0 Å². The number of nitrogens with zero attached hydrogens (tertiary/aromatic N) is 5. The molecule has 2 saturated heterocycles. The zero-order chi connectivity index (χ0) is 19.3. The van der Waals surface area contributed by atoms with E-state index in [9.17, 15) is 4.79 Å². The minimum Gasteiger partial charge on any atom is -0.299 e. The van der Waals surface area contributed by atoms with Crippen molar-refractivity contribution >= 4 is 11.9 Å². The molecule has 0 radical (unpaired) electrons. The normalized spacial score (nSPS) is 22.2. The predicted molar refractivity (Wildman–Crippen MR) is 107 cm³/mol. The summed E-state index contributed by atoms with van der Waals surface area (Å²) in [7, 11) is 0. The van der Waals surface area contributed by atoms with Crippen molar-refractivity contribution in [3.05, 3.63) is 35.9 Å². The first kappa shape index (κ1) is 19.0. The van der Waals surface area contributed by atoms with Crippen LogP contribution in [-0.2, 0) is 11.3 Å². The second-order valence-corrected chi connectivity index (χ2v) is 7.86. The van der Waals surface area contributed by atoms with E-state index in [0.717, 1.165) is 32.5 Å². The Morgan fingerprint density at radius 1 is 1.25 bits per heavy atom. The Balaban J connectivity index is 1.39. The monoisotopic (exact) mass is 383 g/mol. The van der Waals surface area contributed by atoms with Crippen LogP contribution in [-0.4, -0.2) is 68.1 Å². The van der Waals surface area contributed by atoms with Crippen molar-refractivity contribution in [2.45, 2.75) is 51.1 Å². The lowest BCUT2D eigenvalue weighted by atomic mass is 9.91. The highest BCUT2D eigenvalue weighted by Crippen LogP contribution is 2.30. The number of H-pyrrole nitrogens is 1. The third-order valence-corrected chi connectivity index (χ3v) is 5.93. The Kier molecular flexibility index (Phi) is 5.97. The van der Waals surface area contributed by atoms with Gasteiger partial charge >= 0.3 is 0 Å². The van der Waals surface area contributed by atoms with Gasteiger partial charge in [0, 0.05) is 42.7 Å². The molecule has 2 fully saturated rings. The average Bonchev–Trinajstić information content (AvgIpc) is 3.41. The molecule has 2 aliphatic rings. The number of aromatic nitrogens is 4. The quantitative estimate of drug-likeness (QED) is 0.793. The Morgan fingerprint density at radius 3 is 2.82 bits per heavy atom. The topological polar surface area (TPSA) is 90.0 Å². The standard InChI is InChI=1S/C20H29N7O/c1-15(19(28)24-20-21-7-5-8-22-20)27-11-4-6-16(14-27)18-17(12-23-25-18)13-26-9-2-3-10-26/h5,7-8,12,15-16H,2-4,6,9-11,13-14H2,1H3,(H,23,25)(H,21,22,24,28). The Morgan fingerprint density at radius 2 is 2.04 bits per heavy atom. The molecule has 0 aromatic carbocycles. The molecule has 8 heteroatoms. The third-order valence-electron chi connectivity index (χ3n) is 5.93. The van der Waals surface area contributed by atoms with Crippen LogP contribution in [0.2, 0.25) is 0 Å². The lowest BCUT2D eigenvalue weighted by Crippen LogP contribution is -2.46. The highest BCUT2D eigenvalue weighted by atomic mass is 16.2. The van der Waals surface area contributed by atoms with Gasteiger partial charge in [0.2, 0.25) is 11.9 Å². The maximum atomic E-state index is 12.6. The number of likely N-dealkylation sites (tertiary alicyclic amines) is 2. The summed E-state index contributed by atoms with van der Waals surface area (Å²) in [6, 6.07) is 1.51. The van der Waals surface area contributed by atoms with Crippen molar-refractivity contribution in [3.63, 3.8) is 0 Å². The summed E-state index contributed by atoms with van der Waals surface area (Å²) in [4.78, 5) is 25.6. The molecule has 2 aliphatic heterocycles. The van der Waals surface area contributed by atoms with E-state index < -0.39 is 0 Å². The maximum absolute atomic E-state index is 12.6. The summed E-state index contributed by atoms with van der Waals surface area (Å²) in [5, 5.41) is 10.4. The Hall–Kier alpha value is -2.32. The van der Waals surface area contributed by atoms with Gasteiger partial charge in [-0.1, -0.05) is 0 Å². The molecule has 1 amide bonds. The van der Waals surface area contributed by atoms with Crippen molar-refractivity contribution in [3.8, 4) is 0 Å². The van der Waals surface area contributed by atoms with Crippen molar-refractivity contribution < 1.29 is 4.79 Å². The van der Waals surface area contributed by atoms with E-state index in [-0.39, 0.29) is 11.9 Å². The number of hydrogen-bond acceptors (Lipinski definition) is 6. The van der Waals surface area contributed by atoms with E-state index >= 15 is 0 Å². The number of rotatable bonds is 6. The smallest absolute Gasteiger partial charge is 0.243 e. The van der Waals surface area contributed by atoms with Gasteiger partial charge in [-0.2, -0.15) is 5.10 Å². The zero-order valence-corrected chi connectivity index (χ0v) is 16.5. The van der Waals surface area contributed by atoms with E-state index in [2.05, 4.69) is 35.3 Å². The van der Waals surface area contributed by atoms with Crippen molar-refractivity contribution in [1.29, 1.82) is 0 Å². The van der Waals surface area contributed by atoms with Crippen LogP contribution in [0, 0.1) is 0 Å². The van der Waals surface area contributed by atoms with Gasteiger partial charge in [0.15, 0.2) is 0 Å². The molecular weight excluding hydrogens is 354 g/mol. The summed E-state index contributed by atoms with van der Waals surface area (Å²) in [5.74, 6) is 0.681. The molecule has 0 bridgehead atoms. The number of amides is 1. The van der Waals surface area contributed by atoms with Gasteiger partial charge in [-0.3, -0.25) is 25.0 Å². The molecule has 0 saturated carbocycles. The summed E-state index contributed by atoms with van der Waals surface area (Å²) < 4.78 is 0. The summed E-state index contributed by atoms with van der Waals surface area (Å²) in [5.41, 5.74) is 2.55. The molecule has 2 aromatic heterocycles. The van der Waals surface area contributed by atoms with Crippen molar-refractivity contribution in [2.75, 3.05) is 31.5 Å². The average molecular weight is 384 g/mol. The van der Waals surface area contributed by atoms with E-state index in [0.29, 0.717) is 11.9 Å². The second-order valence-electron chi connectivity index (χ2n) is 7.86. The lowest BCUT2D eigenvalue weighted by Gasteiger charge is -2.36. The SMILES string of the molecule is CC(C(=O)Nc1ncccn1)N1CCCC(c2[nH]ncc2CN2CCCC2)C1.